The van der Waals surface area contributed by atoms with E-state index >= 15 is 0 Å². The molecule has 0 aliphatic rings. The Morgan fingerprint density at radius 1 is 0.950 bits per heavy atom. The molecule has 2 rings (SSSR count). The number of nitrogens with one attached hydrogen (secondary N) is 1. The molecular formula is C14H11NO5. The first-order valence-electron chi connectivity index (χ1n) is 5.64. The second-order valence-electron chi connectivity index (χ2n) is 4.01. The zero-order valence-electron chi connectivity index (χ0n) is 10.2. The number of aromatic hydroxyl groups is 2. The first kappa shape index (κ1) is 13.4. The minimum Gasteiger partial charge on any atom is -0.508 e. The molecule has 0 bridgehead atoms. The molecule has 0 aliphatic heterocycles. The van der Waals surface area contributed by atoms with E-state index in [0.29, 0.717) is 0 Å². The number of carbonyl (C=O) groups excluding carboxylic acids is 1. The second kappa shape index (κ2) is 5.31. The number of phenolic OH excluding ortho intramolecular Hbond substituents is 2. The van der Waals surface area contributed by atoms with E-state index in [0.717, 1.165) is 6.07 Å². The largest absolute Gasteiger partial charge is 0.508 e. The van der Waals surface area contributed by atoms with Crippen molar-refractivity contribution in [3.8, 4) is 11.5 Å². The molecule has 2 aromatic carbocycles. The van der Waals surface area contributed by atoms with Crippen molar-refractivity contribution >= 4 is 17.6 Å². The van der Waals surface area contributed by atoms with Crippen LogP contribution in [0.4, 0.5) is 5.69 Å². The Bertz CT molecular complexity index is 681. The first-order chi connectivity index (χ1) is 9.49. The van der Waals surface area contributed by atoms with E-state index in [1.54, 1.807) is 12.1 Å². The van der Waals surface area contributed by atoms with Crippen LogP contribution >= 0.6 is 0 Å². The molecule has 6 nitrogen and oxygen atoms in total. The fraction of sp³-hybridized carbons (Fsp3) is 0. The molecular weight excluding hydrogens is 262 g/mol. The van der Waals surface area contributed by atoms with Crippen molar-refractivity contribution in [3.05, 3.63) is 53.6 Å². The van der Waals surface area contributed by atoms with E-state index in [2.05, 4.69) is 5.32 Å². The number of para-hydroxylation sites is 1. The smallest absolute Gasteiger partial charge is 0.337 e. The Hall–Kier alpha value is -3.02. The third-order valence-electron chi connectivity index (χ3n) is 2.63. The summed E-state index contributed by atoms with van der Waals surface area (Å²) >= 11 is 0. The highest BCUT2D eigenvalue weighted by molar-refractivity contribution is 6.09. The summed E-state index contributed by atoms with van der Waals surface area (Å²) in [6.45, 7) is 0. The number of hydrogen-bond donors (Lipinski definition) is 4. The van der Waals surface area contributed by atoms with Gasteiger partial charge in [-0.05, 0) is 30.3 Å². The van der Waals surface area contributed by atoms with Crippen LogP contribution in [-0.2, 0) is 0 Å². The normalized spacial score (nSPS) is 10.0. The van der Waals surface area contributed by atoms with Crippen LogP contribution in [0.25, 0.3) is 0 Å². The monoisotopic (exact) mass is 273 g/mol. The van der Waals surface area contributed by atoms with Crippen LogP contribution in [-0.4, -0.2) is 27.2 Å². The van der Waals surface area contributed by atoms with Crippen LogP contribution in [0.5, 0.6) is 11.5 Å². The van der Waals surface area contributed by atoms with Crippen LogP contribution in [0.3, 0.4) is 0 Å². The highest BCUT2D eigenvalue weighted by Gasteiger charge is 2.16. The molecule has 2 aromatic rings. The lowest BCUT2D eigenvalue weighted by Gasteiger charge is -2.09. The van der Waals surface area contributed by atoms with Crippen molar-refractivity contribution in [1.82, 2.24) is 0 Å². The number of anilines is 1. The van der Waals surface area contributed by atoms with Crippen LogP contribution in [0.2, 0.25) is 0 Å². The van der Waals surface area contributed by atoms with Gasteiger partial charge in [-0.15, -0.1) is 0 Å². The molecule has 4 N–H and O–H groups in total. The van der Waals surface area contributed by atoms with Crippen LogP contribution in [0, 0.1) is 0 Å². The summed E-state index contributed by atoms with van der Waals surface area (Å²) in [7, 11) is 0. The molecule has 6 heteroatoms. The summed E-state index contributed by atoms with van der Waals surface area (Å²) in [6.07, 6.45) is 0. The summed E-state index contributed by atoms with van der Waals surface area (Å²) in [4.78, 5) is 23.0. The Kier molecular flexibility index (Phi) is 3.56. The van der Waals surface area contributed by atoms with Gasteiger partial charge in [0.05, 0.1) is 16.8 Å². The van der Waals surface area contributed by atoms with Crippen molar-refractivity contribution in [1.29, 1.82) is 0 Å². The molecule has 0 unspecified atom stereocenters. The maximum Gasteiger partial charge on any atom is 0.337 e. The van der Waals surface area contributed by atoms with Gasteiger partial charge in [-0.3, -0.25) is 4.79 Å². The number of carboxylic acids is 1. The predicted molar refractivity (Wildman–Crippen MR) is 71.1 cm³/mol. The first-order valence-corrected chi connectivity index (χ1v) is 5.64. The number of carboxylic acid groups (broad SMARTS) is 1. The van der Waals surface area contributed by atoms with Gasteiger partial charge in [0.1, 0.15) is 11.5 Å². The van der Waals surface area contributed by atoms with E-state index in [4.69, 9.17) is 5.11 Å². The summed E-state index contributed by atoms with van der Waals surface area (Å²) in [5.74, 6) is -2.35. The number of benzene rings is 2. The SMILES string of the molecule is O=C(Nc1ccc(O)cc1C(=O)O)c1ccccc1O. The molecule has 0 heterocycles. The van der Waals surface area contributed by atoms with E-state index in [-0.39, 0.29) is 28.3 Å². The molecule has 102 valence electrons. The molecule has 0 saturated carbocycles. The van der Waals surface area contributed by atoms with Gasteiger partial charge in [0.25, 0.3) is 5.91 Å². The van der Waals surface area contributed by atoms with Crippen molar-refractivity contribution in [2.45, 2.75) is 0 Å². The molecule has 0 spiro atoms. The second-order valence-corrected chi connectivity index (χ2v) is 4.01. The number of phenols is 2. The number of rotatable bonds is 3. The number of amides is 1. The van der Waals surface area contributed by atoms with Gasteiger partial charge in [0.2, 0.25) is 0 Å². The van der Waals surface area contributed by atoms with E-state index in [9.17, 15) is 19.8 Å². The molecule has 20 heavy (non-hydrogen) atoms. The maximum absolute atomic E-state index is 12.0. The zero-order valence-corrected chi connectivity index (χ0v) is 10.2. The highest BCUT2D eigenvalue weighted by Crippen LogP contribution is 2.23. The van der Waals surface area contributed by atoms with Gasteiger partial charge in [-0.1, -0.05) is 12.1 Å². The minimum absolute atomic E-state index is 0.0249. The topological polar surface area (TPSA) is 107 Å². The fourth-order valence-corrected chi connectivity index (χ4v) is 1.67. The van der Waals surface area contributed by atoms with Gasteiger partial charge >= 0.3 is 5.97 Å². The summed E-state index contributed by atoms with van der Waals surface area (Å²) in [6, 6.07) is 9.46. The van der Waals surface area contributed by atoms with Gasteiger partial charge in [0, 0.05) is 0 Å². The van der Waals surface area contributed by atoms with Crippen LogP contribution in [0.1, 0.15) is 20.7 Å². The zero-order chi connectivity index (χ0) is 14.7. The van der Waals surface area contributed by atoms with Crippen molar-refractivity contribution in [3.63, 3.8) is 0 Å². The third-order valence-corrected chi connectivity index (χ3v) is 2.63. The number of carbonyl (C=O) groups is 2. The maximum atomic E-state index is 12.0. The highest BCUT2D eigenvalue weighted by atomic mass is 16.4. The average molecular weight is 273 g/mol. The molecule has 0 aromatic heterocycles. The molecule has 1 amide bonds. The lowest BCUT2D eigenvalue weighted by molar-refractivity contribution is 0.0697. The lowest BCUT2D eigenvalue weighted by atomic mass is 10.1. The quantitative estimate of drug-likeness (QED) is 0.640. The van der Waals surface area contributed by atoms with E-state index in [1.807, 2.05) is 0 Å². The Morgan fingerprint density at radius 2 is 1.65 bits per heavy atom. The Labute approximate surface area is 113 Å². The summed E-state index contributed by atoms with van der Waals surface area (Å²) in [5.41, 5.74) is -0.186. The number of hydrogen-bond acceptors (Lipinski definition) is 4. The van der Waals surface area contributed by atoms with Gasteiger partial charge in [0.15, 0.2) is 0 Å². The molecule has 0 saturated heterocycles. The number of aromatic carboxylic acids is 1. The van der Waals surface area contributed by atoms with Gasteiger partial charge < -0.3 is 20.6 Å². The van der Waals surface area contributed by atoms with E-state index < -0.39 is 11.9 Å². The van der Waals surface area contributed by atoms with Crippen LogP contribution in [0.15, 0.2) is 42.5 Å². The van der Waals surface area contributed by atoms with Crippen molar-refractivity contribution < 1.29 is 24.9 Å². The summed E-state index contributed by atoms with van der Waals surface area (Å²) in [5, 5.41) is 30.2. The Morgan fingerprint density at radius 3 is 2.30 bits per heavy atom. The predicted octanol–water partition coefficient (Wildman–Crippen LogP) is 2.05. The molecule has 0 atom stereocenters. The molecule has 0 fully saturated rings. The third kappa shape index (κ3) is 2.69. The fourth-order valence-electron chi connectivity index (χ4n) is 1.67. The molecule has 0 radical (unpaired) electrons. The lowest BCUT2D eigenvalue weighted by Crippen LogP contribution is -2.14. The Balaban J connectivity index is 2.33. The minimum atomic E-state index is -1.28. The van der Waals surface area contributed by atoms with Crippen molar-refractivity contribution in [2.24, 2.45) is 0 Å². The van der Waals surface area contributed by atoms with Crippen molar-refractivity contribution in [2.75, 3.05) is 5.32 Å². The van der Waals surface area contributed by atoms with Gasteiger partial charge in [-0.25, -0.2) is 4.79 Å². The molecule has 0 aliphatic carbocycles. The average Bonchev–Trinajstić information content (AvgIpc) is 2.41. The standard InChI is InChI=1S/C14H11NO5/c16-8-5-6-11(10(7-8)14(19)20)15-13(18)9-3-1-2-4-12(9)17/h1-7,16-17H,(H,15,18)(H,19,20). The van der Waals surface area contributed by atoms with Gasteiger partial charge in [-0.2, -0.15) is 0 Å². The summed E-state index contributed by atoms with van der Waals surface area (Å²) < 4.78 is 0. The van der Waals surface area contributed by atoms with Crippen LogP contribution < -0.4 is 5.32 Å². The van der Waals surface area contributed by atoms with E-state index in [1.165, 1.54) is 24.3 Å².